The molecule has 0 saturated heterocycles. The summed E-state index contributed by atoms with van der Waals surface area (Å²) in [4.78, 5) is 17.5. The molecule has 0 amide bonds. The highest BCUT2D eigenvalue weighted by molar-refractivity contribution is 7.98. The molecule has 4 aromatic rings. The highest BCUT2D eigenvalue weighted by Gasteiger charge is 2.40. The van der Waals surface area contributed by atoms with Gasteiger partial charge in [-0.2, -0.15) is 18.3 Å². The van der Waals surface area contributed by atoms with Gasteiger partial charge in [-0.05, 0) is 61.1 Å². The number of carbonyl (C=O) groups excluding carboxylic acids is 1. The van der Waals surface area contributed by atoms with Crippen LogP contribution >= 0.6 is 11.8 Å². The van der Waals surface area contributed by atoms with Crippen molar-refractivity contribution in [3.8, 4) is 11.1 Å². The third-order valence-electron chi connectivity index (χ3n) is 5.83. The van der Waals surface area contributed by atoms with E-state index in [1.807, 2.05) is 0 Å². The highest BCUT2D eigenvalue weighted by Crippen LogP contribution is 2.38. The zero-order chi connectivity index (χ0) is 25.4. The third kappa shape index (κ3) is 4.62. The van der Waals surface area contributed by atoms with Crippen molar-refractivity contribution in [1.29, 1.82) is 0 Å². The van der Waals surface area contributed by atoms with Crippen LogP contribution in [0.5, 0.6) is 0 Å². The summed E-state index contributed by atoms with van der Waals surface area (Å²) in [5, 5.41) is 5.16. The molecule has 0 unspecified atom stereocenters. The number of alkyl halides is 3. The summed E-state index contributed by atoms with van der Waals surface area (Å²) < 4.78 is 59.6. The van der Waals surface area contributed by atoms with Crippen LogP contribution in [0.1, 0.15) is 23.7 Å². The zero-order valence-corrected chi connectivity index (χ0v) is 19.9. The molecule has 5 nitrogen and oxygen atoms in total. The standard InChI is InChI=1S/C25H21F4N3O2S/c1-24(23(33)34-2,14-15-5-4-6-18(26)13-15)19-11-12-30-21-20(22(35-3)31-32(19)21)16-7-9-17(10-8-16)25(27,28)29/h4-13H,14H2,1-3H3/t24-/m1/s1. The lowest BCUT2D eigenvalue weighted by molar-refractivity contribution is -0.147. The number of methoxy groups -OCH3 is 1. The molecule has 0 bridgehead atoms. The SMILES string of the molecule is COC(=O)[C@](C)(Cc1cccc(F)c1)c1ccnc2c(-c3ccc(C(F)(F)F)cc3)c(SC)nn12. The first-order chi connectivity index (χ1) is 16.6. The number of ether oxygens (including phenoxy) is 1. The van der Waals surface area contributed by atoms with E-state index >= 15 is 0 Å². The number of nitrogens with zero attached hydrogens (tertiary/aromatic N) is 3. The van der Waals surface area contributed by atoms with Crippen LogP contribution < -0.4 is 0 Å². The first kappa shape index (κ1) is 24.7. The highest BCUT2D eigenvalue weighted by atomic mass is 32.2. The average molecular weight is 504 g/mol. The summed E-state index contributed by atoms with van der Waals surface area (Å²) >= 11 is 1.31. The van der Waals surface area contributed by atoms with Crippen molar-refractivity contribution in [3.63, 3.8) is 0 Å². The molecular formula is C25H21F4N3O2S. The molecule has 2 heterocycles. The van der Waals surface area contributed by atoms with Gasteiger partial charge < -0.3 is 4.74 Å². The second-order valence-corrected chi connectivity index (χ2v) is 8.95. The van der Waals surface area contributed by atoms with Gasteiger partial charge in [0.15, 0.2) is 5.65 Å². The second kappa shape index (κ2) is 9.33. The number of hydrogen-bond acceptors (Lipinski definition) is 5. The van der Waals surface area contributed by atoms with Crippen LogP contribution in [-0.2, 0) is 27.5 Å². The van der Waals surface area contributed by atoms with Gasteiger partial charge in [0, 0.05) is 6.20 Å². The summed E-state index contributed by atoms with van der Waals surface area (Å²) in [5.74, 6) is -0.977. The van der Waals surface area contributed by atoms with Crippen LogP contribution in [-0.4, -0.2) is 33.9 Å². The lowest BCUT2D eigenvalue weighted by atomic mass is 9.80. The molecule has 0 aliphatic carbocycles. The fraction of sp³-hybridized carbons (Fsp3) is 0.240. The number of benzene rings is 2. The van der Waals surface area contributed by atoms with Gasteiger partial charge in [-0.25, -0.2) is 13.9 Å². The first-order valence-electron chi connectivity index (χ1n) is 10.5. The second-order valence-electron chi connectivity index (χ2n) is 8.16. The lowest BCUT2D eigenvalue weighted by Crippen LogP contribution is -2.38. The topological polar surface area (TPSA) is 56.5 Å². The molecule has 0 aliphatic rings. The van der Waals surface area contributed by atoms with Crippen LogP contribution in [0, 0.1) is 5.82 Å². The average Bonchev–Trinajstić information content (AvgIpc) is 3.21. The van der Waals surface area contributed by atoms with Crippen LogP contribution in [0.2, 0.25) is 0 Å². The van der Waals surface area contributed by atoms with Gasteiger partial charge >= 0.3 is 12.1 Å². The van der Waals surface area contributed by atoms with E-state index in [0.29, 0.717) is 33.1 Å². The van der Waals surface area contributed by atoms with Crippen LogP contribution in [0.25, 0.3) is 16.8 Å². The van der Waals surface area contributed by atoms with Crippen molar-refractivity contribution in [1.82, 2.24) is 14.6 Å². The number of thioether (sulfide) groups is 1. The van der Waals surface area contributed by atoms with Crippen molar-refractivity contribution in [2.24, 2.45) is 0 Å². The first-order valence-corrected chi connectivity index (χ1v) is 11.7. The van der Waals surface area contributed by atoms with Gasteiger partial charge in [-0.1, -0.05) is 24.3 Å². The molecule has 0 spiro atoms. The Morgan fingerprint density at radius 2 is 1.83 bits per heavy atom. The molecule has 0 aliphatic heterocycles. The number of fused-ring (bicyclic) bond motifs is 1. The number of carbonyl (C=O) groups is 1. The molecule has 2 aromatic heterocycles. The van der Waals surface area contributed by atoms with Gasteiger partial charge in [0.1, 0.15) is 16.3 Å². The maximum Gasteiger partial charge on any atom is 0.416 e. The molecule has 182 valence electrons. The van der Waals surface area contributed by atoms with E-state index < -0.39 is 28.9 Å². The van der Waals surface area contributed by atoms with Gasteiger partial charge in [0.05, 0.1) is 23.9 Å². The number of hydrogen-bond donors (Lipinski definition) is 0. The van der Waals surface area contributed by atoms with E-state index in [1.54, 1.807) is 31.4 Å². The Morgan fingerprint density at radius 3 is 2.43 bits per heavy atom. The van der Waals surface area contributed by atoms with E-state index in [9.17, 15) is 22.4 Å². The molecule has 0 radical (unpaired) electrons. The van der Waals surface area contributed by atoms with E-state index in [0.717, 1.165) is 12.1 Å². The molecule has 10 heteroatoms. The fourth-order valence-electron chi connectivity index (χ4n) is 4.11. The van der Waals surface area contributed by atoms with Gasteiger partial charge in [0.2, 0.25) is 0 Å². The van der Waals surface area contributed by atoms with Crippen molar-refractivity contribution >= 4 is 23.4 Å². The van der Waals surface area contributed by atoms with Gasteiger partial charge in [-0.15, -0.1) is 11.8 Å². The summed E-state index contributed by atoms with van der Waals surface area (Å²) in [6, 6.07) is 12.4. The monoisotopic (exact) mass is 503 g/mol. The van der Waals surface area contributed by atoms with Crippen molar-refractivity contribution in [2.75, 3.05) is 13.4 Å². The van der Waals surface area contributed by atoms with E-state index in [-0.39, 0.29) is 6.42 Å². The maximum absolute atomic E-state index is 13.9. The van der Waals surface area contributed by atoms with Gasteiger partial charge in [0.25, 0.3) is 0 Å². The summed E-state index contributed by atoms with van der Waals surface area (Å²) in [6.45, 7) is 1.68. The number of rotatable bonds is 6. The zero-order valence-electron chi connectivity index (χ0n) is 19.1. The van der Waals surface area contributed by atoms with Gasteiger partial charge in [-0.3, -0.25) is 4.79 Å². The Kier molecular flexibility index (Phi) is 6.59. The van der Waals surface area contributed by atoms with Crippen molar-refractivity contribution < 1.29 is 27.1 Å². The molecule has 0 saturated carbocycles. The summed E-state index contributed by atoms with van der Waals surface area (Å²) in [7, 11) is 1.27. The van der Waals surface area contributed by atoms with Crippen LogP contribution in [0.15, 0.2) is 65.8 Å². The predicted molar refractivity (Wildman–Crippen MR) is 125 cm³/mol. The third-order valence-corrected chi connectivity index (χ3v) is 6.50. The minimum absolute atomic E-state index is 0.126. The van der Waals surface area contributed by atoms with E-state index in [1.165, 1.54) is 53.8 Å². The summed E-state index contributed by atoms with van der Waals surface area (Å²) in [5.41, 5.74) is 0.447. The van der Waals surface area contributed by atoms with Crippen LogP contribution in [0.3, 0.4) is 0 Å². The molecule has 35 heavy (non-hydrogen) atoms. The lowest BCUT2D eigenvalue weighted by Gasteiger charge is -2.27. The largest absolute Gasteiger partial charge is 0.468 e. The molecule has 4 rings (SSSR count). The number of esters is 1. The smallest absolute Gasteiger partial charge is 0.416 e. The van der Waals surface area contributed by atoms with E-state index in [4.69, 9.17) is 4.74 Å². The quantitative estimate of drug-likeness (QED) is 0.185. The number of halogens is 4. The Hall–Kier alpha value is -3.40. The minimum Gasteiger partial charge on any atom is -0.468 e. The Bertz CT molecular complexity index is 1390. The molecule has 1 atom stereocenters. The van der Waals surface area contributed by atoms with E-state index in [2.05, 4.69) is 10.1 Å². The predicted octanol–water partition coefficient (Wildman–Crippen LogP) is 5.95. The normalized spacial score (nSPS) is 13.6. The summed E-state index contributed by atoms with van der Waals surface area (Å²) in [6.07, 6.45) is -1.02. The molecule has 0 fully saturated rings. The Morgan fingerprint density at radius 1 is 1.11 bits per heavy atom. The minimum atomic E-state index is -4.45. The fourth-order valence-corrected chi connectivity index (χ4v) is 4.69. The van der Waals surface area contributed by atoms with Crippen LogP contribution in [0.4, 0.5) is 17.6 Å². The molecule has 0 N–H and O–H groups in total. The van der Waals surface area contributed by atoms with Crippen molar-refractivity contribution in [2.45, 2.75) is 30.0 Å². The van der Waals surface area contributed by atoms with Crippen molar-refractivity contribution in [3.05, 3.63) is 83.4 Å². The molecule has 2 aromatic carbocycles. The Balaban J connectivity index is 1.90. The number of aromatic nitrogens is 3. The maximum atomic E-state index is 13.9. The Labute approximate surface area is 203 Å². The molecular weight excluding hydrogens is 482 g/mol.